The minimum Gasteiger partial charge on any atom is -0.481 e. The lowest BCUT2D eigenvalue weighted by molar-refractivity contribution is -0.151. The highest BCUT2D eigenvalue weighted by atomic mass is 35.5. The predicted octanol–water partition coefficient (Wildman–Crippen LogP) is 4.61. The zero-order valence-electron chi connectivity index (χ0n) is 21.2. The number of hydrogen-bond donors (Lipinski definition) is 1. The third kappa shape index (κ3) is 3.90. The first-order valence-corrected chi connectivity index (χ1v) is 13.6. The fourth-order valence-electron chi connectivity index (χ4n) is 8.51. The Morgan fingerprint density at radius 2 is 1.69 bits per heavy atom. The lowest BCUT2D eigenvalue weighted by atomic mass is 9.46. The molecule has 7 nitrogen and oxygen atoms in total. The summed E-state index contributed by atoms with van der Waals surface area (Å²) in [4.78, 5) is 29.9. The van der Waals surface area contributed by atoms with E-state index in [9.17, 15) is 14.7 Å². The molecule has 0 unspecified atom stereocenters. The molecule has 4 bridgehead atoms. The van der Waals surface area contributed by atoms with E-state index in [0.717, 1.165) is 64.7 Å². The first kappa shape index (κ1) is 23.8. The van der Waals surface area contributed by atoms with Crippen molar-refractivity contribution in [3.63, 3.8) is 0 Å². The number of nitrogens with zero attached hydrogens (tertiary/aromatic N) is 4. The Morgan fingerprint density at radius 1 is 1.06 bits per heavy atom. The highest BCUT2D eigenvalue weighted by Crippen LogP contribution is 2.65. The normalized spacial score (nSPS) is 31.2. The lowest BCUT2D eigenvalue weighted by Gasteiger charge is -2.61. The standard InChI is InChI=1S/C28H35ClN4O3/c1-18-3-4-22(19(2)9-18)31-5-7-32(8-6-31)23-16-30-33(26(36)25(23)29)28-13-20-10-21(14-28)12-27(11-20,17-28)15-24(34)35/h3-4,9,16,20-21H,5-8,10-15,17H2,1-2H3,(H,34,35)/t20-,21-,27?,28?/m0/s1. The van der Waals surface area contributed by atoms with E-state index in [1.807, 2.05) is 0 Å². The largest absolute Gasteiger partial charge is 0.481 e. The average Bonchev–Trinajstić information content (AvgIpc) is 2.79. The highest BCUT2D eigenvalue weighted by Gasteiger charge is 2.59. The van der Waals surface area contributed by atoms with Gasteiger partial charge in [-0.05, 0) is 81.3 Å². The van der Waals surface area contributed by atoms with Gasteiger partial charge >= 0.3 is 5.97 Å². The Balaban J connectivity index is 1.24. The van der Waals surface area contributed by atoms with Crippen LogP contribution in [-0.2, 0) is 10.3 Å². The predicted molar refractivity (Wildman–Crippen MR) is 141 cm³/mol. The van der Waals surface area contributed by atoms with Crippen LogP contribution >= 0.6 is 11.6 Å². The van der Waals surface area contributed by atoms with Crippen molar-refractivity contribution < 1.29 is 9.90 Å². The van der Waals surface area contributed by atoms with E-state index in [4.69, 9.17) is 16.7 Å². The van der Waals surface area contributed by atoms with Crippen molar-refractivity contribution in [3.8, 4) is 0 Å². The van der Waals surface area contributed by atoms with Crippen LogP contribution in [0.1, 0.15) is 56.1 Å². The van der Waals surface area contributed by atoms with Crippen molar-refractivity contribution >= 4 is 28.9 Å². The molecule has 5 fully saturated rings. The summed E-state index contributed by atoms with van der Waals surface area (Å²) < 4.78 is 1.65. The quantitative estimate of drug-likeness (QED) is 0.632. The van der Waals surface area contributed by atoms with Crippen molar-refractivity contribution in [2.45, 2.75) is 64.3 Å². The fraction of sp³-hybridized carbons (Fsp3) is 0.607. The lowest BCUT2D eigenvalue weighted by Crippen LogP contribution is -2.59. The summed E-state index contributed by atoms with van der Waals surface area (Å²) in [5, 5.41) is 14.6. The summed E-state index contributed by atoms with van der Waals surface area (Å²) in [7, 11) is 0. The van der Waals surface area contributed by atoms with Crippen LogP contribution in [0.3, 0.4) is 0 Å². The maximum Gasteiger partial charge on any atom is 0.303 e. The molecule has 0 radical (unpaired) electrons. The molecule has 7 rings (SSSR count). The molecule has 1 aromatic carbocycles. The maximum atomic E-state index is 13.7. The van der Waals surface area contributed by atoms with Crippen LogP contribution in [-0.4, -0.2) is 47.0 Å². The number of carbonyl (C=O) groups is 1. The molecule has 2 atom stereocenters. The van der Waals surface area contributed by atoms with Crippen LogP contribution < -0.4 is 15.4 Å². The number of aromatic nitrogens is 2. The van der Waals surface area contributed by atoms with Crippen LogP contribution in [0.5, 0.6) is 0 Å². The Morgan fingerprint density at radius 3 is 2.31 bits per heavy atom. The van der Waals surface area contributed by atoms with Crippen LogP contribution in [0.15, 0.2) is 29.2 Å². The van der Waals surface area contributed by atoms with Crippen molar-refractivity contribution in [3.05, 3.63) is 50.9 Å². The summed E-state index contributed by atoms with van der Waals surface area (Å²) in [6, 6.07) is 6.56. The molecule has 4 aliphatic carbocycles. The van der Waals surface area contributed by atoms with Gasteiger partial charge in [-0.25, -0.2) is 4.68 Å². The van der Waals surface area contributed by atoms with Crippen LogP contribution in [0.25, 0.3) is 0 Å². The number of carboxylic acids is 1. The second-order valence-electron chi connectivity index (χ2n) is 12.1. The third-order valence-corrected chi connectivity index (χ3v) is 9.70. The molecule has 5 aliphatic rings. The number of benzene rings is 1. The van der Waals surface area contributed by atoms with Crippen LogP contribution in [0.4, 0.5) is 11.4 Å². The summed E-state index contributed by atoms with van der Waals surface area (Å²) in [6.45, 7) is 7.52. The topological polar surface area (TPSA) is 78.7 Å². The van der Waals surface area contributed by atoms with Gasteiger partial charge in [-0.1, -0.05) is 29.3 Å². The van der Waals surface area contributed by atoms with Gasteiger partial charge in [0.1, 0.15) is 5.02 Å². The zero-order chi connectivity index (χ0) is 25.2. The van der Waals surface area contributed by atoms with Crippen LogP contribution in [0, 0.1) is 31.1 Å². The smallest absolute Gasteiger partial charge is 0.303 e. The van der Waals surface area contributed by atoms with E-state index in [1.165, 1.54) is 16.8 Å². The molecule has 8 heteroatoms. The molecule has 1 aromatic heterocycles. The van der Waals surface area contributed by atoms with Gasteiger partial charge in [0.05, 0.1) is 23.8 Å². The van der Waals surface area contributed by atoms with Gasteiger partial charge < -0.3 is 14.9 Å². The van der Waals surface area contributed by atoms with E-state index in [2.05, 4.69) is 41.8 Å². The Bertz CT molecular complexity index is 1250. The van der Waals surface area contributed by atoms with Gasteiger partial charge in [0.15, 0.2) is 0 Å². The molecular weight excluding hydrogens is 476 g/mol. The summed E-state index contributed by atoms with van der Waals surface area (Å²) in [5.74, 6) is 0.202. The SMILES string of the molecule is Cc1ccc(N2CCN(c3cnn(C45C[C@H]6C[C@@H](CC(CC(=O)O)(C6)C4)C5)c(=O)c3Cl)CC2)c(C)c1. The van der Waals surface area contributed by atoms with Gasteiger partial charge in [0.2, 0.25) is 0 Å². The number of anilines is 2. The first-order valence-electron chi connectivity index (χ1n) is 13.2. The molecule has 0 amide bonds. The second-order valence-corrected chi connectivity index (χ2v) is 12.5. The summed E-state index contributed by atoms with van der Waals surface area (Å²) in [5.41, 5.74) is 3.68. The summed E-state index contributed by atoms with van der Waals surface area (Å²) in [6.07, 6.45) is 7.56. The third-order valence-electron chi connectivity index (χ3n) is 9.34. The highest BCUT2D eigenvalue weighted by molar-refractivity contribution is 6.33. The number of hydrogen-bond acceptors (Lipinski definition) is 5. The number of piperazine rings is 1. The Hall–Kier alpha value is -2.54. The van der Waals surface area contributed by atoms with E-state index in [1.54, 1.807) is 10.9 Å². The zero-order valence-corrected chi connectivity index (χ0v) is 21.9. The van der Waals surface area contributed by atoms with Gasteiger partial charge in [-0.2, -0.15) is 5.10 Å². The molecular formula is C28H35ClN4O3. The number of rotatable bonds is 5. The molecule has 1 saturated heterocycles. The minimum atomic E-state index is -0.735. The molecule has 1 aliphatic heterocycles. The van der Waals surface area contributed by atoms with Crippen molar-refractivity contribution in [1.29, 1.82) is 0 Å². The molecule has 0 spiro atoms. The van der Waals surface area contributed by atoms with E-state index >= 15 is 0 Å². The van der Waals surface area contributed by atoms with Gasteiger partial charge in [0.25, 0.3) is 5.56 Å². The molecule has 4 saturated carbocycles. The van der Waals surface area contributed by atoms with Crippen molar-refractivity contribution in [2.24, 2.45) is 17.3 Å². The number of aliphatic carboxylic acids is 1. The Labute approximate surface area is 217 Å². The number of halogens is 1. The fourth-order valence-corrected chi connectivity index (χ4v) is 8.76. The van der Waals surface area contributed by atoms with Gasteiger partial charge in [-0.3, -0.25) is 9.59 Å². The van der Waals surface area contributed by atoms with Crippen LogP contribution in [0.2, 0.25) is 5.02 Å². The first-order chi connectivity index (χ1) is 17.2. The number of aryl methyl sites for hydroxylation is 2. The van der Waals surface area contributed by atoms with Gasteiger partial charge in [-0.15, -0.1) is 0 Å². The number of carboxylic acid groups (broad SMARTS) is 1. The monoisotopic (exact) mass is 510 g/mol. The van der Waals surface area contributed by atoms with E-state index in [0.29, 0.717) is 17.5 Å². The van der Waals surface area contributed by atoms with E-state index < -0.39 is 11.5 Å². The van der Waals surface area contributed by atoms with E-state index in [-0.39, 0.29) is 22.4 Å². The average molecular weight is 511 g/mol. The molecule has 192 valence electrons. The van der Waals surface area contributed by atoms with Crippen molar-refractivity contribution in [2.75, 3.05) is 36.0 Å². The molecule has 1 N–H and O–H groups in total. The summed E-state index contributed by atoms with van der Waals surface area (Å²) >= 11 is 6.76. The second kappa shape index (κ2) is 8.51. The van der Waals surface area contributed by atoms with Crippen molar-refractivity contribution in [1.82, 2.24) is 9.78 Å². The molecule has 36 heavy (non-hydrogen) atoms. The molecule has 2 heterocycles. The maximum absolute atomic E-state index is 13.7. The Kier molecular flexibility index (Phi) is 5.63. The molecule has 2 aromatic rings. The van der Waals surface area contributed by atoms with Gasteiger partial charge in [0, 0.05) is 31.9 Å². The minimum absolute atomic E-state index is 0.188.